The summed E-state index contributed by atoms with van der Waals surface area (Å²) in [6.45, 7) is 6.44. The zero-order valence-corrected chi connectivity index (χ0v) is 11.7. The number of benzene rings is 1. The van der Waals surface area contributed by atoms with Crippen LogP contribution in [0.15, 0.2) is 23.1 Å². The van der Waals surface area contributed by atoms with Crippen molar-refractivity contribution in [1.82, 2.24) is 4.72 Å². The molecule has 0 saturated carbocycles. The van der Waals surface area contributed by atoms with E-state index in [9.17, 15) is 0 Å². The van der Waals surface area contributed by atoms with Crippen molar-refractivity contribution in [1.29, 1.82) is 0 Å². The molecule has 2 N–H and O–H groups in total. The molecule has 5 heteroatoms. The summed E-state index contributed by atoms with van der Waals surface area (Å²) in [6, 6.07) is 6.17. The average Bonchev–Trinajstić information content (AvgIpc) is 2.80. The van der Waals surface area contributed by atoms with E-state index >= 15 is 0 Å². The molecule has 0 aromatic heterocycles. The van der Waals surface area contributed by atoms with Crippen LogP contribution in [0.5, 0.6) is 5.75 Å². The van der Waals surface area contributed by atoms with Crippen LogP contribution in [-0.2, 0) is 4.74 Å². The molecular formula is C13H20N2O2S. The van der Waals surface area contributed by atoms with E-state index < -0.39 is 0 Å². The van der Waals surface area contributed by atoms with Gasteiger partial charge in [-0.05, 0) is 50.4 Å². The Morgan fingerprint density at radius 1 is 1.50 bits per heavy atom. The number of fused-ring (bicyclic) bond motifs is 1. The largest absolute Gasteiger partial charge is 0.471 e. The van der Waals surface area contributed by atoms with Crippen molar-refractivity contribution in [3.63, 3.8) is 0 Å². The maximum atomic E-state index is 5.48. The molecule has 0 amide bonds. The quantitative estimate of drug-likeness (QED) is 0.588. The van der Waals surface area contributed by atoms with Crippen LogP contribution in [-0.4, -0.2) is 26.0 Å². The Balaban J connectivity index is 1.65. The zero-order valence-electron chi connectivity index (χ0n) is 10.9. The lowest BCUT2D eigenvalue weighted by Crippen LogP contribution is -2.11. The van der Waals surface area contributed by atoms with Crippen molar-refractivity contribution in [2.45, 2.75) is 31.3 Å². The molecule has 0 aliphatic carbocycles. The van der Waals surface area contributed by atoms with Gasteiger partial charge in [0.05, 0.1) is 11.8 Å². The fraction of sp³-hybridized carbons (Fsp3) is 0.538. The topological polar surface area (TPSA) is 42.5 Å². The highest BCUT2D eigenvalue weighted by molar-refractivity contribution is 7.97. The predicted octanol–water partition coefficient (Wildman–Crippen LogP) is 2.86. The van der Waals surface area contributed by atoms with Gasteiger partial charge in [0.1, 0.15) is 5.75 Å². The summed E-state index contributed by atoms with van der Waals surface area (Å²) in [7, 11) is 0. The van der Waals surface area contributed by atoms with Crippen LogP contribution >= 0.6 is 11.9 Å². The van der Waals surface area contributed by atoms with Gasteiger partial charge in [0.15, 0.2) is 6.73 Å². The Morgan fingerprint density at radius 3 is 3.22 bits per heavy atom. The van der Waals surface area contributed by atoms with Crippen molar-refractivity contribution in [3.05, 3.63) is 18.2 Å². The first-order valence-corrected chi connectivity index (χ1v) is 7.09. The minimum absolute atomic E-state index is 0.320. The van der Waals surface area contributed by atoms with E-state index in [1.165, 1.54) is 4.90 Å². The average molecular weight is 268 g/mol. The molecule has 0 spiro atoms. The smallest absolute Gasteiger partial charge is 0.159 e. The highest BCUT2D eigenvalue weighted by atomic mass is 32.2. The maximum absolute atomic E-state index is 5.48. The van der Waals surface area contributed by atoms with Crippen molar-refractivity contribution in [3.8, 4) is 5.75 Å². The Hall–Kier alpha value is -0.910. The van der Waals surface area contributed by atoms with E-state index in [0.717, 1.165) is 31.0 Å². The Kier molecular flexibility index (Phi) is 5.16. The molecule has 0 bridgehead atoms. The number of nitrogens with one attached hydrogen (secondary N) is 2. The molecule has 1 heterocycles. The van der Waals surface area contributed by atoms with Gasteiger partial charge in [0, 0.05) is 18.0 Å². The van der Waals surface area contributed by atoms with Crippen LogP contribution in [0.3, 0.4) is 0 Å². The van der Waals surface area contributed by atoms with Crippen molar-refractivity contribution in [2.24, 2.45) is 0 Å². The van der Waals surface area contributed by atoms with Gasteiger partial charge in [-0.15, -0.1) is 0 Å². The molecule has 4 nitrogen and oxygen atoms in total. The minimum atomic E-state index is 0.320. The minimum Gasteiger partial charge on any atom is -0.471 e. The third kappa shape index (κ3) is 4.08. The molecule has 1 aliphatic heterocycles. The van der Waals surface area contributed by atoms with Gasteiger partial charge in [0.2, 0.25) is 0 Å². The second-order valence-electron chi connectivity index (χ2n) is 4.39. The summed E-state index contributed by atoms with van der Waals surface area (Å²) in [5.41, 5.74) is 1.07. The second kappa shape index (κ2) is 6.87. The van der Waals surface area contributed by atoms with Crippen LogP contribution in [0.2, 0.25) is 0 Å². The number of hydrogen-bond acceptors (Lipinski definition) is 5. The zero-order chi connectivity index (χ0) is 12.8. The number of hydrogen-bond donors (Lipinski definition) is 2. The summed E-state index contributed by atoms with van der Waals surface area (Å²) in [5.74, 6) is 0.935. The number of rotatable bonds is 7. The van der Waals surface area contributed by atoms with Crippen LogP contribution in [0.4, 0.5) is 5.69 Å². The first kappa shape index (κ1) is 13.5. The molecule has 0 radical (unpaired) electrons. The maximum Gasteiger partial charge on any atom is 0.159 e. The van der Waals surface area contributed by atoms with Crippen molar-refractivity contribution >= 4 is 17.6 Å². The van der Waals surface area contributed by atoms with Crippen LogP contribution in [0.1, 0.15) is 20.3 Å². The highest BCUT2D eigenvalue weighted by Crippen LogP contribution is 2.32. The van der Waals surface area contributed by atoms with Crippen molar-refractivity contribution < 1.29 is 9.47 Å². The standard InChI is InChI=1S/C13H20N2O2S/c1-10(2)16-7-3-6-15-18-11-4-5-13-12(8-11)14-9-17-13/h4-5,8,10,14-15H,3,6-7,9H2,1-2H3. The van der Waals surface area contributed by atoms with E-state index in [-0.39, 0.29) is 0 Å². The fourth-order valence-electron chi connectivity index (χ4n) is 1.63. The SMILES string of the molecule is CC(C)OCCCNSc1ccc2c(c1)NCO2. The molecule has 1 aliphatic rings. The highest BCUT2D eigenvalue weighted by Gasteiger charge is 2.10. The Morgan fingerprint density at radius 2 is 2.39 bits per heavy atom. The van der Waals surface area contributed by atoms with E-state index in [2.05, 4.69) is 36.0 Å². The lowest BCUT2D eigenvalue weighted by molar-refractivity contribution is 0.0778. The predicted molar refractivity (Wildman–Crippen MR) is 75.1 cm³/mol. The van der Waals surface area contributed by atoms with Crippen LogP contribution in [0, 0.1) is 0 Å². The summed E-state index contributed by atoms with van der Waals surface area (Å²) in [5, 5.41) is 3.18. The molecule has 100 valence electrons. The van der Waals surface area contributed by atoms with E-state index in [1.54, 1.807) is 11.9 Å². The van der Waals surface area contributed by atoms with Crippen LogP contribution in [0.25, 0.3) is 0 Å². The van der Waals surface area contributed by atoms with Gasteiger partial charge in [-0.1, -0.05) is 0 Å². The van der Waals surface area contributed by atoms with Gasteiger partial charge in [0.25, 0.3) is 0 Å². The Bertz CT molecular complexity index is 385. The normalized spacial score (nSPS) is 13.3. The molecule has 0 saturated heterocycles. The summed E-state index contributed by atoms with van der Waals surface area (Å²) in [4.78, 5) is 1.19. The third-order valence-corrected chi connectivity index (χ3v) is 3.34. The fourth-order valence-corrected chi connectivity index (χ4v) is 2.35. The first-order valence-electron chi connectivity index (χ1n) is 6.28. The lowest BCUT2D eigenvalue weighted by Gasteiger charge is -2.08. The molecule has 1 aromatic rings. The summed E-state index contributed by atoms with van der Waals surface area (Å²) in [6.07, 6.45) is 1.35. The van der Waals surface area contributed by atoms with Gasteiger partial charge in [-0.2, -0.15) is 0 Å². The van der Waals surface area contributed by atoms with Gasteiger partial charge in [-0.25, -0.2) is 0 Å². The lowest BCUT2D eigenvalue weighted by atomic mass is 10.3. The van der Waals surface area contributed by atoms with Gasteiger partial charge < -0.3 is 14.8 Å². The summed E-state index contributed by atoms with van der Waals surface area (Å²) >= 11 is 1.64. The van der Waals surface area contributed by atoms with E-state index in [0.29, 0.717) is 12.8 Å². The molecule has 0 fully saturated rings. The van der Waals surface area contributed by atoms with Gasteiger partial charge >= 0.3 is 0 Å². The van der Waals surface area contributed by atoms with Gasteiger partial charge in [-0.3, -0.25) is 4.72 Å². The van der Waals surface area contributed by atoms with E-state index in [4.69, 9.17) is 9.47 Å². The molecule has 2 rings (SSSR count). The monoisotopic (exact) mass is 268 g/mol. The first-order chi connectivity index (χ1) is 8.75. The summed E-state index contributed by atoms with van der Waals surface area (Å²) < 4.78 is 14.2. The van der Waals surface area contributed by atoms with Crippen molar-refractivity contribution in [2.75, 3.05) is 25.2 Å². The Labute approximate surface area is 113 Å². The second-order valence-corrected chi connectivity index (χ2v) is 5.36. The molecule has 0 atom stereocenters. The van der Waals surface area contributed by atoms with E-state index in [1.807, 2.05) is 6.07 Å². The number of ether oxygens (including phenoxy) is 2. The number of anilines is 1. The van der Waals surface area contributed by atoms with Crippen LogP contribution < -0.4 is 14.8 Å². The molecule has 18 heavy (non-hydrogen) atoms. The molecule has 1 aromatic carbocycles. The molecule has 0 unspecified atom stereocenters. The third-order valence-electron chi connectivity index (χ3n) is 2.51. The molecular weight excluding hydrogens is 248 g/mol.